The Hall–Kier alpha value is -0.530. The molecule has 0 aliphatic heterocycles. The van der Waals surface area contributed by atoms with Crippen LogP contribution >= 0.6 is 0 Å². The summed E-state index contributed by atoms with van der Waals surface area (Å²) < 4.78 is 5.68. The molecule has 1 atom stereocenters. The molecule has 0 radical (unpaired) electrons. The van der Waals surface area contributed by atoms with Crippen LogP contribution in [0.25, 0.3) is 0 Å². The summed E-state index contributed by atoms with van der Waals surface area (Å²) in [5.41, 5.74) is 0. The molecule has 0 aromatic carbocycles. The Morgan fingerprint density at radius 2 is 0.824 bits per heavy atom. The van der Waals surface area contributed by atoms with Crippen LogP contribution in [0.3, 0.4) is 0 Å². The van der Waals surface area contributed by atoms with Crippen molar-refractivity contribution in [2.75, 3.05) is 6.61 Å². The molecular weight excluding hydrogens is 416 g/mol. The number of hydrogen-bond donors (Lipinski definition) is 0. The first-order valence-electron chi connectivity index (χ1n) is 15.9. The fourth-order valence-corrected chi connectivity index (χ4v) is 4.94. The van der Waals surface area contributed by atoms with Crippen LogP contribution in [-0.2, 0) is 9.53 Å². The molecule has 0 aromatic heterocycles. The van der Waals surface area contributed by atoms with Crippen LogP contribution in [0, 0.1) is 5.92 Å². The molecule has 2 nitrogen and oxygen atoms in total. The van der Waals surface area contributed by atoms with E-state index in [1.165, 1.54) is 154 Å². The number of hydrogen-bond acceptors (Lipinski definition) is 2. The topological polar surface area (TPSA) is 26.3 Å². The Bertz CT molecular complexity index is 392. The summed E-state index contributed by atoms with van der Waals surface area (Å²) in [6, 6.07) is 0. The van der Waals surface area contributed by atoms with Gasteiger partial charge in [0.2, 0.25) is 0 Å². The van der Waals surface area contributed by atoms with Crippen LogP contribution in [0.5, 0.6) is 0 Å². The normalized spacial score (nSPS) is 12.2. The third-order valence-corrected chi connectivity index (χ3v) is 7.40. The zero-order chi connectivity index (χ0) is 25.0. The van der Waals surface area contributed by atoms with Crippen molar-refractivity contribution < 1.29 is 9.53 Å². The van der Waals surface area contributed by atoms with Gasteiger partial charge in [-0.2, -0.15) is 0 Å². The van der Waals surface area contributed by atoms with Gasteiger partial charge in [-0.3, -0.25) is 4.79 Å². The molecule has 0 aliphatic rings. The van der Waals surface area contributed by atoms with Gasteiger partial charge in [0.1, 0.15) is 0 Å². The van der Waals surface area contributed by atoms with E-state index in [-0.39, 0.29) is 5.97 Å². The summed E-state index contributed by atoms with van der Waals surface area (Å²) in [4.78, 5) is 12.2. The molecule has 34 heavy (non-hydrogen) atoms. The lowest BCUT2D eigenvalue weighted by atomic mass is 9.96. The lowest BCUT2D eigenvalue weighted by molar-refractivity contribution is -0.145. The fourth-order valence-electron chi connectivity index (χ4n) is 4.94. The molecule has 0 aromatic rings. The SMILES string of the molecule is CCCCCCCCCCCCCCCCCC(=O)OCC(CCCC)CCCCCCCC. The van der Waals surface area contributed by atoms with E-state index < -0.39 is 0 Å². The highest BCUT2D eigenvalue weighted by molar-refractivity contribution is 5.69. The number of ether oxygens (including phenoxy) is 1. The quantitative estimate of drug-likeness (QED) is 0.0821. The summed E-state index contributed by atoms with van der Waals surface area (Å²) >= 11 is 0. The molecular formula is C32H64O2. The van der Waals surface area contributed by atoms with E-state index in [1.54, 1.807) is 0 Å². The number of esters is 1. The van der Waals surface area contributed by atoms with E-state index in [9.17, 15) is 4.79 Å². The van der Waals surface area contributed by atoms with Gasteiger partial charge in [0.05, 0.1) is 6.61 Å². The van der Waals surface area contributed by atoms with Crippen molar-refractivity contribution in [3.63, 3.8) is 0 Å². The molecule has 0 saturated carbocycles. The number of carbonyl (C=O) groups excluding carboxylic acids is 1. The van der Waals surface area contributed by atoms with Gasteiger partial charge < -0.3 is 4.74 Å². The first-order valence-corrected chi connectivity index (χ1v) is 15.9. The molecule has 0 rings (SSSR count). The lowest BCUT2D eigenvalue weighted by Gasteiger charge is -2.17. The zero-order valence-corrected chi connectivity index (χ0v) is 24.0. The second-order valence-electron chi connectivity index (χ2n) is 10.9. The minimum atomic E-state index is 0.0409. The van der Waals surface area contributed by atoms with Crippen LogP contribution < -0.4 is 0 Å². The van der Waals surface area contributed by atoms with Crippen molar-refractivity contribution in [1.82, 2.24) is 0 Å². The minimum Gasteiger partial charge on any atom is -0.465 e. The molecule has 0 heterocycles. The second kappa shape index (κ2) is 28.7. The number of unbranched alkanes of at least 4 members (excludes halogenated alkanes) is 20. The molecule has 0 amide bonds. The summed E-state index contributed by atoms with van der Waals surface area (Å²) in [5, 5.41) is 0. The highest BCUT2D eigenvalue weighted by atomic mass is 16.5. The van der Waals surface area contributed by atoms with Gasteiger partial charge in [0, 0.05) is 6.42 Å². The maximum Gasteiger partial charge on any atom is 0.305 e. The monoisotopic (exact) mass is 480 g/mol. The number of carbonyl (C=O) groups is 1. The first kappa shape index (κ1) is 33.5. The van der Waals surface area contributed by atoms with E-state index in [0.717, 1.165) is 6.42 Å². The lowest BCUT2D eigenvalue weighted by Crippen LogP contribution is -2.14. The Balaban J connectivity index is 3.53. The second-order valence-corrected chi connectivity index (χ2v) is 10.9. The van der Waals surface area contributed by atoms with E-state index in [2.05, 4.69) is 20.8 Å². The van der Waals surface area contributed by atoms with Gasteiger partial charge >= 0.3 is 5.97 Å². The molecule has 0 fully saturated rings. The van der Waals surface area contributed by atoms with E-state index >= 15 is 0 Å². The predicted octanol–water partition coefficient (Wildman–Crippen LogP) is 11.3. The molecule has 2 heteroatoms. The van der Waals surface area contributed by atoms with E-state index in [4.69, 9.17) is 4.74 Å². The van der Waals surface area contributed by atoms with Crippen molar-refractivity contribution in [3.05, 3.63) is 0 Å². The third-order valence-electron chi connectivity index (χ3n) is 7.40. The van der Waals surface area contributed by atoms with Crippen LogP contribution in [0.15, 0.2) is 0 Å². The maximum atomic E-state index is 12.2. The third kappa shape index (κ3) is 26.1. The Kier molecular flexibility index (Phi) is 28.3. The Morgan fingerprint density at radius 1 is 0.471 bits per heavy atom. The molecule has 0 aliphatic carbocycles. The predicted molar refractivity (Wildman–Crippen MR) is 152 cm³/mol. The van der Waals surface area contributed by atoms with Crippen LogP contribution in [0.1, 0.15) is 188 Å². The summed E-state index contributed by atoms with van der Waals surface area (Å²) in [6.45, 7) is 7.47. The molecule has 0 bridgehead atoms. The van der Waals surface area contributed by atoms with Gasteiger partial charge in [-0.05, 0) is 25.2 Å². The highest BCUT2D eigenvalue weighted by Crippen LogP contribution is 2.19. The first-order chi connectivity index (χ1) is 16.7. The van der Waals surface area contributed by atoms with Gasteiger partial charge in [-0.1, -0.05) is 162 Å². The van der Waals surface area contributed by atoms with E-state index in [1.807, 2.05) is 0 Å². The van der Waals surface area contributed by atoms with Gasteiger partial charge in [-0.25, -0.2) is 0 Å². The molecule has 0 spiro atoms. The fraction of sp³-hybridized carbons (Fsp3) is 0.969. The van der Waals surface area contributed by atoms with Crippen molar-refractivity contribution in [2.24, 2.45) is 5.92 Å². The van der Waals surface area contributed by atoms with E-state index in [0.29, 0.717) is 18.9 Å². The minimum absolute atomic E-state index is 0.0409. The highest BCUT2D eigenvalue weighted by Gasteiger charge is 2.12. The summed E-state index contributed by atoms with van der Waals surface area (Å²) in [6.07, 6.45) is 34.0. The van der Waals surface area contributed by atoms with Crippen molar-refractivity contribution in [3.8, 4) is 0 Å². The van der Waals surface area contributed by atoms with Gasteiger partial charge in [0.15, 0.2) is 0 Å². The molecule has 1 unspecified atom stereocenters. The molecule has 204 valence electrons. The number of rotatable bonds is 28. The largest absolute Gasteiger partial charge is 0.465 e. The Morgan fingerprint density at radius 3 is 1.26 bits per heavy atom. The van der Waals surface area contributed by atoms with Gasteiger partial charge in [0.25, 0.3) is 0 Å². The average molecular weight is 481 g/mol. The molecule has 0 N–H and O–H groups in total. The Labute approximate surface area is 215 Å². The standard InChI is InChI=1S/C32H64O2/c1-4-7-10-12-14-15-16-17-18-19-20-21-22-24-26-29-32(33)34-30-31(27-9-6-3)28-25-23-13-11-8-5-2/h31H,4-30H2,1-3H3. The smallest absolute Gasteiger partial charge is 0.305 e. The average Bonchev–Trinajstić information content (AvgIpc) is 2.84. The van der Waals surface area contributed by atoms with Gasteiger partial charge in [-0.15, -0.1) is 0 Å². The maximum absolute atomic E-state index is 12.2. The summed E-state index contributed by atoms with van der Waals surface area (Å²) in [5.74, 6) is 0.621. The zero-order valence-electron chi connectivity index (χ0n) is 24.0. The van der Waals surface area contributed by atoms with Crippen LogP contribution in [-0.4, -0.2) is 12.6 Å². The van der Waals surface area contributed by atoms with Crippen LogP contribution in [0.4, 0.5) is 0 Å². The van der Waals surface area contributed by atoms with Crippen molar-refractivity contribution >= 4 is 5.97 Å². The summed E-state index contributed by atoms with van der Waals surface area (Å²) in [7, 11) is 0. The van der Waals surface area contributed by atoms with Crippen LogP contribution in [0.2, 0.25) is 0 Å². The van der Waals surface area contributed by atoms with Crippen molar-refractivity contribution in [2.45, 2.75) is 188 Å². The molecule has 0 saturated heterocycles. The van der Waals surface area contributed by atoms with Crippen molar-refractivity contribution in [1.29, 1.82) is 0 Å².